The van der Waals surface area contributed by atoms with Crippen molar-refractivity contribution in [2.24, 2.45) is 0 Å². The Morgan fingerprint density at radius 3 is 2.54 bits per heavy atom. The number of hydrogen-bond donors (Lipinski definition) is 0. The Labute approximate surface area is 152 Å². The monoisotopic (exact) mass is 360 g/mol. The summed E-state index contributed by atoms with van der Waals surface area (Å²) in [6.07, 6.45) is 1.18. The van der Waals surface area contributed by atoms with E-state index in [0.29, 0.717) is 35.6 Å². The maximum absolute atomic E-state index is 12.2. The fourth-order valence-electron chi connectivity index (χ4n) is 3.05. The van der Waals surface area contributed by atoms with E-state index in [1.807, 2.05) is 20.8 Å². The Balaban J connectivity index is 1.72. The molecule has 0 bridgehead atoms. The third kappa shape index (κ3) is 3.81. The number of carbonyl (C=O) groups is 2. The summed E-state index contributed by atoms with van der Waals surface area (Å²) in [5, 5.41) is 0. The minimum absolute atomic E-state index is 0.103. The van der Waals surface area contributed by atoms with E-state index in [1.165, 1.54) is 7.11 Å². The molecule has 1 aliphatic rings. The molecule has 0 atom stereocenters. The van der Waals surface area contributed by atoms with Crippen molar-refractivity contribution in [2.75, 3.05) is 20.2 Å². The first-order chi connectivity index (χ1) is 12.3. The van der Waals surface area contributed by atoms with Crippen LogP contribution in [0.4, 0.5) is 4.79 Å². The average Bonchev–Trinajstić information content (AvgIpc) is 3.04. The van der Waals surface area contributed by atoms with Crippen LogP contribution in [-0.4, -0.2) is 47.7 Å². The fraction of sp³-hybridized carbons (Fsp3) is 0.526. The second kappa shape index (κ2) is 6.97. The van der Waals surface area contributed by atoms with Gasteiger partial charge in [0, 0.05) is 19.0 Å². The molecule has 1 fully saturated rings. The Bertz CT molecular complexity index is 813. The van der Waals surface area contributed by atoms with E-state index in [4.69, 9.17) is 13.9 Å². The zero-order valence-electron chi connectivity index (χ0n) is 15.6. The second-order valence-corrected chi connectivity index (χ2v) is 7.44. The number of fused-ring (bicyclic) bond motifs is 1. The van der Waals surface area contributed by atoms with Gasteiger partial charge in [0.1, 0.15) is 11.1 Å². The Morgan fingerprint density at radius 1 is 1.23 bits per heavy atom. The number of benzene rings is 1. The van der Waals surface area contributed by atoms with Gasteiger partial charge in [0.15, 0.2) is 11.5 Å². The maximum atomic E-state index is 12.2. The molecule has 2 heterocycles. The number of nitrogens with zero attached hydrogens (tertiary/aromatic N) is 2. The van der Waals surface area contributed by atoms with Gasteiger partial charge in [0.05, 0.1) is 12.7 Å². The number of likely N-dealkylation sites (tertiary alicyclic amines) is 1. The molecule has 1 aliphatic heterocycles. The number of para-hydroxylation sites is 1. The zero-order valence-corrected chi connectivity index (χ0v) is 15.6. The lowest BCUT2D eigenvalue weighted by molar-refractivity contribution is 0.0199. The number of hydrogen-bond acceptors (Lipinski definition) is 6. The molecule has 2 aromatic rings. The van der Waals surface area contributed by atoms with Crippen molar-refractivity contribution in [3.05, 3.63) is 29.7 Å². The van der Waals surface area contributed by atoms with Gasteiger partial charge in [-0.3, -0.25) is 0 Å². The topological polar surface area (TPSA) is 81.9 Å². The van der Waals surface area contributed by atoms with Crippen LogP contribution in [0.2, 0.25) is 0 Å². The van der Waals surface area contributed by atoms with Gasteiger partial charge in [-0.2, -0.15) is 0 Å². The average molecular weight is 360 g/mol. The van der Waals surface area contributed by atoms with Crippen molar-refractivity contribution in [2.45, 2.75) is 45.1 Å². The number of piperidine rings is 1. The van der Waals surface area contributed by atoms with E-state index < -0.39 is 11.6 Å². The van der Waals surface area contributed by atoms with Crippen molar-refractivity contribution < 1.29 is 23.5 Å². The number of oxazole rings is 1. The summed E-state index contributed by atoms with van der Waals surface area (Å²) in [6.45, 7) is 6.74. The molecular weight excluding hydrogens is 336 g/mol. The summed E-state index contributed by atoms with van der Waals surface area (Å²) >= 11 is 0. The molecule has 1 amide bonds. The summed E-state index contributed by atoms with van der Waals surface area (Å²) in [4.78, 5) is 30.3. The lowest BCUT2D eigenvalue weighted by atomic mass is 9.97. The number of esters is 1. The SMILES string of the molecule is COC(=O)c1cccc2oc(C3CCN(C(=O)OC(C)(C)C)CC3)nc12. The lowest BCUT2D eigenvalue weighted by Crippen LogP contribution is -2.41. The smallest absolute Gasteiger partial charge is 0.410 e. The van der Waals surface area contributed by atoms with Gasteiger partial charge in [-0.05, 0) is 45.7 Å². The van der Waals surface area contributed by atoms with Gasteiger partial charge >= 0.3 is 12.1 Å². The van der Waals surface area contributed by atoms with Gasteiger partial charge in [-0.15, -0.1) is 0 Å². The van der Waals surface area contributed by atoms with Crippen LogP contribution < -0.4 is 0 Å². The summed E-state index contributed by atoms with van der Waals surface area (Å²) < 4.78 is 16.1. The molecule has 7 nitrogen and oxygen atoms in total. The van der Waals surface area contributed by atoms with Crippen LogP contribution >= 0.6 is 0 Å². The largest absolute Gasteiger partial charge is 0.465 e. The highest BCUT2D eigenvalue weighted by Crippen LogP contribution is 2.31. The zero-order chi connectivity index (χ0) is 18.9. The Kier molecular flexibility index (Phi) is 4.89. The van der Waals surface area contributed by atoms with Gasteiger partial charge < -0.3 is 18.8 Å². The van der Waals surface area contributed by atoms with Gasteiger partial charge in [0.2, 0.25) is 0 Å². The molecule has 0 spiro atoms. The van der Waals surface area contributed by atoms with Crippen LogP contribution in [0.1, 0.15) is 55.8 Å². The molecule has 0 aliphatic carbocycles. The van der Waals surface area contributed by atoms with Crippen LogP contribution in [0.25, 0.3) is 11.1 Å². The van der Waals surface area contributed by atoms with Crippen LogP contribution in [0, 0.1) is 0 Å². The first-order valence-corrected chi connectivity index (χ1v) is 8.74. The lowest BCUT2D eigenvalue weighted by Gasteiger charge is -2.32. The van der Waals surface area contributed by atoms with Crippen molar-refractivity contribution in [1.29, 1.82) is 0 Å². The molecule has 26 heavy (non-hydrogen) atoms. The molecule has 0 saturated carbocycles. The summed E-state index contributed by atoms with van der Waals surface area (Å²) in [5.41, 5.74) is 0.978. The highest BCUT2D eigenvalue weighted by molar-refractivity contribution is 6.01. The van der Waals surface area contributed by atoms with Crippen molar-refractivity contribution in [1.82, 2.24) is 9.88 Å². The standard InChI is InChI=1S/C19H24N2O5/c1-19(2,3)26-18(23)21-10-8-12(9-11-21)16-20-15-13(17(22)24-4)6-5-7-14(15)25-16/h5-7,12H,8-11H2,1-4H3. The quantitative estimate of drug-likeness (QED) is 0.759. The van der Waals surface area contributed by atoms with Gasteiger partial charge in [-0.25, -0.2) is 14.6 Å². The third-order valence-electron chi connectivity index (χ3n) is 4.34. The van der Waals surface area contributed by atoms with E-state index in [2.05, 4.69) is 4.98 Å². The van der Waals surface area contributed by atoms with E-state index >= 15 is 0 Å². The number of rotatable bonds is 2. The molecule has 0 radical (unpaired) electrons. The number of amides is 1. The highest BCUT2D eigenvalue weighted by atomic mass is 16.6. The number of carbonyl (C=O) groups excluding carboxylic acids is 2. The van der Waals surface area contributed by atoms with Crippen LogP contribution in [0.15, 0.2) is 22.6 Å². The highest BCUT2D eigenvalue weighted by Gasteiger charge is 2.30. The summed E-state index contributed by atoms with van der Waals surface area (Å²) in [5.74, 6) is 0.266. The van der Waals surface area contributed by atoms with Crippen LogP contribution in [-0.2, 0) is 9.47 Å². The molecule has 0 N–H and O–H groups in total. The van der Waals surface area contributed by atoms with Gasteiger partial charge in [0.25, 0.3) is 0 Å². The summed E-state index contributed by atoms with van der Waals surface area (Å²) in [6, 6.07) is 5.20. The minimum atomic E-state index is -0.501. The Hall–Kier alpha value is -2.57. The number of aromatic nitrogens is 1. The number of methoxy groups -OCH3 is 1. The molecule has 7 heteroatoms. The third-order valence-corrected chi connectivity index (χ3v) is 4.34. The Morgan fingerprint density at radius 2 is 1.92 bits per heavy atom. The molecule has 1 saturated heterocycles. The first-order valence-electron chi connectivity index (χ1n) is 8.74. The second-order valence-electron chi connectivity index (χ2n) is 7.44. The van der Waals surface area contributed by atoms with Gasteiger partial charge in [-0.1, -0.05) is 6.07 Å². The van der Waals surface area contributed by atoms with E-state index in [0.717, 1.165) is 12.8 Å². The molecule has 1 aromatic heterocycles. The fourth-order valence-corrected chi connectivity index (χ4v) is 3.05. The molecule has 1 aromatic carbocycles. The predicted molar refractivity (Wildman–Crippen MR) is 95.1 cm³/mol. The molecule has 140 valence electrons. The molecular formula is C19H24N2O5. The van der Waals surface area contributed by atoms with Crippen molar-refractivity contribution in [3.63, 3.8) is 0 Å². The van der Waals surface area contributed by atoms with Crippen LogP contribution in [0.5, 0.6) is 0 Å². The van der Waals surface area contributed by atoms with E-state index in [1.54, 1.807) is 23.1 Å². The first kappa shape index (κ1) is 18.2. The number of ether oxygens (including phenoxy) is 2. The predicted octanol–water partition coefficient (Wildman–Crippen LogP) is 3.73. The van der Waals surface area contributed by atoms with E-state index in [9.17, 15) is 9.59 Å². The van der Waals surface area contributed by atoms with Crippen molar-refractivity contribution >= 4 is 23.2 Å². The minimum Gasteiger partial charge on any atom is -0.465 e. The van der Waals surface area contributed by atoms with Crippen LogP contribution in [0.3, 0.4) is 0 Å². The maximum Gasteiger partial charge on any atom is 0.410 e. The molecule has 3 rings (SSSR count). The summed E-state index contributed by atoms with van der Waals surface area (Å²) in [7, 11) is 1.34. The van der Waals surface area contributed by atoms with E-state index in [-0.39, 0.29) is 12.0 Å². The molecule has 0 unspecified atom stereocenters. The van der Waals surface area contributed by atoms with Crippen molar-refractivity contribution in [3.8, 4) is 0 Å². The normalized spacial score (nSPS) is 15.9.